The van der Waals surface area contributed by atoms with Gasteiger partial charge in [-0.25, -0.2) is 4.98 Å². The highest BCUT2D eigenvalue weighted by Gasteiger charge is 2.31. The Morgan fingerprint density at radius 2 is 2.00 bits per heavy atom. The van der Waals surface area contributed by atoms with E-state index in [0.717, 1.165) is 22.5 Å². The first-order valence-corrected chi connectivity index (χ1v) is 9.33. The molecule has 0 atom stereocenters. The first-order chi connectivity index (χ1) is 11.8. The van der Waals surface area contributed by atoms with Gasteiger partial charge in [-0.15, -0.1) is 11.3 Å². The molecule has 0 N–H and O–H groups in total. The lowest BCUT2D eigenvalue weighted by molar-refractivity contribution is -0.137. The second-order valence-electron chi connectivity index (χ2n) is 5.68. The number of hydrogen-bond donors (Lipinski definition) is 0. The molecule has 3 heterocycles. The van der Waals surface area contributed by atoms with E-state index < -0.39 is 11.7 Å². The molecule has 0 aliphatic carbocycles. The van der Waals surface area contributed by atoms with Crippen LogP contribution in [-0.4, -0.2) is 42.0 Å². The van der Waals surface area contributed by atoms with E-state index in [4.69, 9.17) is 0 Å². The Labute approximate surface area is 155 Å². The fourth-order valence-corrected chi connectivity index (χ4v) is 3.83. The minimum atomic E-state index is -4.39. The summed E-state index contributed by atoms with van der Waals surface area (Å²) in [5, 5.41) is 1.81. The summed E-state index contributed by atoms with van der Waals surface area (Å²) >= 11 is 4.81. The van der Waals surface area contributed by atoms with Gasteiger partial charge < -0.3 is 9.80 Å². The highest BCUT2D eigenvalue weighted by molar-refractivity contribution is 9.11. The minimum Gasteiger partial charge on any atom is -0.355 e. The van der Waals surface area contributed by atoms with Crippen molar-refractivity contribution >= 4 is 39.0 Å². The molecule has 1 amide bonds. The standard InChI is InChI=1S/C16H15BrF3N3OS/c17-13-8-11(10-25-13)15(24)23-5-1-4-22(6-7-23)14-3-2-12(9-21-14)16(18,19)20/h2-3,8-10H,1,4-7H2. The molecule has 0 spiro atoms. The molecular weight excluding hydrogens is 419 g/mol. The fourth-order valence-electron chi connectivity index (χ4n) is 2.70. The molecule has 1 aliphatic rings. The van der Waals surface area contributed by atoms with Gasteiger partial charge in [-0.2, -0.15) is 13.2 Å². The van der Waals surface area contributed by atoms with Crippen LogP contribution in [0.1, 0.15) is 22.3 Å². The largest absolute Gasteiger partial charge is 0.417 e. The van der Waals surface area contributed by atoms with Crippen LogP contribution in [0.4, 0.5) is 19.0 Å². The van der Waals surface area contributed by atoms with Crippen LogP contribution in [0.3, 0.4) is 0 Å². The number of thiophene rings is 1. The van der Waals surface area contributed by atoms with Crippen LogP contribution in [-0.2, 0) is 6.18 Å². The third kappa shape index (κ3) is 4.33. The van der Waals surface area contributed by atoms with Crippen molar-refractivity contribution in [1.82, 2.24) is 9.88 Å². The molecule has 25 heavy (non-hydrogen) atoms. The summed E-state index contributed by atoms with van der Waals surface area (Å²) in [4.78, 5) is 20.1. The normalized spacial score (nSPS) is 16.0. The monoisotopic (exact) mass is 433 g/mol. The first-order valence-electron chi connectivity index (χ1n) is 7.66. The molecule has 1 aliphatic heterocycles. The zero-order valence-electron chi connectivity index (χ0n) is 13.1. The number of amides is 1. The SMILES string of the molecule is O=C(c1csc(Br)c1)N1CCCN(c2ccc(C(F)(F)F)cn2)CC1. The second-order valence-corrected chi connectivity index (χ2v) is 7.97. The smallest absolute Gasteiger partial charge is 0.355 e. The highest BCUT2D eigenvalue weighted by Crippen LogP contribution is 2.29. The number of anilines is 1. The van der Waals surface area contributed by atoms with Crippen molar-refractivity contribution in [2.45, 2.75) is 12.6 Å². The molecule has 0 bridgehead atoms. The predicted octanol–water partition coefficient (Wildman–Crippen LogP) is 4.28. The molecule has 0 aromatic carbocycles. The molecular formula is C16H15BrF3N3OS. The highest BCUT2D eigenvalue weighted by atomic mass is 79.9. The fraction of sp³-hybridized carbons (Fsp3) is 0.375. The van der Waals surface area contributed by atoms with Crippen molar-refractivity contribution in [2.24, 2.45) is 0 Å². The summed E-state index contributed by atoms with van der Waals surface area (Å²) in [6, 6.07) is 4.22. The first kappa shape index (κ1) is 18.2. The van der Waals surface area contributed by atoms with E-state index in [2.05, 4.69) is 20.9 Å². The Hall–Kier alpha value is -1.61. The number of rotatable bonds is 2. The molecule has 0 saturated carbocycles. The molecule has 0 unspecified atom stereocenters. The topological polar surface area (TPSA) is 36.4 Å². The van der Waals surface area contributed by atoms with Gasteiger partial charge in [-0.3, -0.25) is 4.79 Å². The summed E-state index contributed by atoms with van der Waals surface area (Å²) in [6.45, 7) is 2.31. The van der Waals surface area contributed by atoms with E-state index in [1.54, 1.807) is 11.0 Å². The van der Waals surface area contributed by atoms with Gasteiger partial charge >= 0.3 is 6.18 Å². The van der Waals surface area contributed by atoms with Gasteiger partial charge in [0.25, 0.3) is 5.91 Å². The summed E-state index contributed by atoms with van der Waals surface area (Å²) < 4.78 is 38.8. The lowest BCUT2D eigenvalue weighted by Gasteiger charge is -2.23. The number of halogens is 4. The van der Waals surface area contributed by atoms with E-state index in [9.17, 15) is 18.0 Å². The molecule has 9 heteroatoms. The van der Waals surface area contributed by atoms with Crippen molar-refractivity contribution in [3.63, 3.8) is 0 Å². The van der Waals surface area contributed by atoms with Gasteiger partial charge in [0.1, 0.15) is 5.82 Å². The van der Waals surface area contributed by atoms with Crippen LogP contribution in [0, 0.1) is 0 Å². The summed E-state index contributed by atoms with van der Waals surface area (Å²) in [5.41, 5.74) is -0.108. The quantitative estimate of drug-likeness (QED) is 0.709. The third-order valence-corrected chi connectivity index (χ3v) is 5.50. The van der Waals surface area contributed by atoms with E-state index in [-0.39, 0.29) is 5.91 Å². The Morgan fingerprint density at radius 3 is 2.60 bits per heavy atom. The van der Waals surface area contributed by atoms with Gasteiger partial charge in [-0.1, -0.05) is 0 Å². The van der Waals surface area contributed by atoms with Crippen molar-refractivity contribution in [3.8, 4) is 0 Å². The molecule has 2 aromatic rings. The molecule has 4 nitrogen and oxygen atoms in total. The van der Waals surface area contributed by atoms with Crippen LogP contribution in [0.2, 0.25) is 0 Å². The summed E-state index contributed by atoms with van der Waals surface area (Å²) in [6.07, 6.45) is -2.80. The van der Waals surface area contributed by atoms with E-state index in [0.29, 0.717) is 37.6 Å². The third-order valence-electron chi connectivity index (χ3n) is 4.00. The van der Waals surface area contributed by atoms with Gasteiger partial charge in [0.2, 0.25) is 0 Å². The number of pyridine rings is 1. The van der Waals surface area contributed by atoms with Crippen molar-refractivity contribution in [2.75, 3.05) is 31.1 Å². The Bertz CT molecular complexity index is 748. The van der Waals surface area contributed by atoms with Gasteiger partial charge in [0, 0.05) is 37.8 Å². The van der Waals surface area contributed by atoms with Crippen LogP contribution >= 0.6 is 27.3 Å². The minimum absolute atomic E-state index is 0.0239. The van der Waals surface area contributed by atoms with Gasteiger partial charge in [-0.05, 0) is 40.5 Å². The van der Waals surface area contributed by atoms with E-state index in [1.807, 2.05) is 10.3 Å². The number of hydrogen-bond acceptors (Lipinski definition) is 4. The number of carbonyl (C=O) groups excluding carboxylic acids is 1. The lowest BCUT2D eigenvalue weighted by Crippen LogP contribution is -2.35. The molecule has 1 fully saturated rings. The summed E-state index contributed by atoms with van der Waals surface area (Å²) in [7, 11) is 0. The zero-order valence-corrected chi connectivity index (χ0v) is 15.5. The van der Waals surface area contributed by atoms with Crippen molar-refractivity contribution < 1.29 is 18.0 Å². The number of nitrogens with zero attached hydrogens (tertiary/aromatic N) is 3. The average Bonchev–Trinajstić information content (AvgIpc) is 2.86. The Kier molecular flexibility index (Phi) is 5.33. The molecule has 0 radical (unpaired) electrons. The number of aromatic nitrogens is 1. The summed E-state index contributed by atoms with van der Waals surface area (Å²) in [5.74, 6) is 0.477. The van der Waals surface area contributed by atoms with Crippen LogP contribution < -0.4 is 4.90 Å². The van der Waals surface area contributed by atoms with Crippen LogP contribution in [0.25, 0.3) is 0 Å². The lowest BCUT2D eigenvalue weighted by atomic mass is 10.2. The molecule has 2 aromatic heterocycles. The van der Waals surface area contributed by atoms with Crippen molar-refractivity contribution in [3.05, 3.63) is 44.7 Å². The van der Waals surface area contributed by atoms with Gasteiger partial charge in [0.05, 0.1) is 14.9 Å². The van der Waals surface area contributed by atoms with Gasteiger partial charge in [0.15, 0.2) is 0 Å². The van der Waals surface area contributed by atoms with Crippen molar-refractivity contribution in [1.29, 1.82) is 0 Å². The molecule has 1 saturated heterocycles. The number of alkyl halides is 3. The van der Waals surface area contributed by atoms with E-state index >= 15 is 0 Å². The maximum atomic E-state index is 12.6. The molecule has 134 valence electrons. The molecule has 3 rings (SSSR count). The average molecular weight is 434 g/mol. The Morgan fingerprint density at radius 1 is 1.20 bits per heavy atom. The Balaban J connectivity index is 1.66. The maximum Gasteiger partial charge on any atom is 0.417 e. The second kappa shape index (κ2) is 7.33. The van der Waals surface area contributed by atoms with Crippen LogP contribution in [0.15, 0.2) is 33.6 Å². The maximum absolute atomic E-state index is 12.6. The van der Waals surface area contributed by atoms with E-state index in [1.165, 1.54) is 17.4 Å². The predicted molar refractivity (Wildman–Crippen MR) is 94.0 cm³/mol. The zero-order chi connectivity index (χ0) is 18.0. The number of carbonyl (C=O) groups is 1. The van der Waals surface area contributed by atoms with Crippen LogP contribution in [0.5, 0.6) is 0 Å².